The number of nitrogens with zero attached hydrogens (tertiary/aromatic N) is 2. The smallest absolute Gasteiger partial charge is 0.281 e. The number of nitrogens with one attached hydrogen (secondary N) is 1. The Morgan fingerprint density at radius 1 is 1.35 bits per heavy atom. The number of benzene rings is 1. The van der Waals surface area contributed by atoms with Crippen LogP contribution in [0.25, 0.3) is 0 Å². The van der Waals surface area contributed by atoms with Crippen molar-refractivity contribution in [3.05, 3.63) is 35.5 Å². The van der Waals surface area contributed by atoms with Crippen LogP contribution >= 0.6 is 11.8 Å². The van der Waals surface area contributed by atoms with E-state index in [-0.39, 0.29) is 5.82 Å². The molecule has 108 valence electrons. The highest BCUT2D eigenvalue weighted by Crippen LogP contribution is 2.29. The molecule has 0 aliphatic heterocycles. The molecule has 1 aromatic heterocycles. The van der Waals surface area contributed by atoms with E-state index < -0.39 is 0 Å². The molecule has 0 saturated carbocycles. The number of hydrogen-bond donors (Lipinski definition) is 1. The largest absolute Gasteiger partial charge is 0.416 e. The molecule has 0 atom stereocenters. The lowest BCUT2D eigenvalue weighted by molar-refractivity contribution is 0.429. The molecule has 1 aromatic carbocycles. The van der Waals surface area contributed by atoms with Crippen LogP contribution in [0.3, 0.4) is 0 Å². The zero-order valence-electron chi connectivity index (χ0n) is 11.8. The van der Waals surface area contributed by atoms with Gasteiger partial charge in [0.05, 0.1) is 4.90 Å². The van der Waals surface area contributed by atoms with Crippen molar-refractivity contribution in [2.75, 3.05) is 6.54 Å². The molecule has 0 bridgehead atoms. The van der Waals surface area contributed by atoms with E-state index in [1.165, 1.54) is 0 Å². The molecule has 0 aliphatic rings. The first-order valence-corrected chi connectivity index (χ1v) is 7.33. The van der Waals surface area contributed by atoms with Crippen LogP contribution in [0.4, 0.5) is 4.39 Å². The molecule has 0 fully saturated rings. The summed E-state index contributed by atoms with van der Waals surface area (Å²) in [6.45, 7) is 7.56. The predicted octanol–water partition coefficient (Wildman–Crippen LogP) is 3.41. The highest BCUT2D eigenvalue weighted by atomic mass is 32.2. The van der Waals surface area contributed by atoms with Gasteiger partial charge in [-0.1, -0.05) is 19.9 Å². The maximum Gasteiger partial charge on any atom is 0.281 e. The molecule has 4 nitrogen and oxygen atoms in total. The molecule has 0 amide bonds. The van der Waals surface area contributed by atoms with E-state index in [1.54, 1.807) is 19.1 Å². The molecule has 0 unspecified atom stereocenters. The Morgan fingerprint density at radius 3 is 2.75 bits per heavy atom. The molecule has 2 rings (SSSR count). The highest BCUT2D eigenvalue weighted by molar-refractivity contribution is 7.99. The average molecular weight is 295 g/mol. The summed E-state index contributed by atoms with van der Waals surface area (Å²) >= 11 is 1.14. The lowest BCUT2D eigenvalue weighted by Crippen LogP contribution is -2.18. The highest BCUT2D eigenvalue weighted by Gasteiger charge is 2.10. The maximum atomic E-state index is 14.0. The quantitative estimate of drug-likeness (QED) is 0.885. The summed E-state index contributed by atoms with van der Waals surface area (Å²) in [7, 11) is 0. The van der Waals surface area contributed by atoms with E-state index in [9.17, 15) is 4.39 Å². The van der Waals surface area contributed by atoms with Gasteiger partial charge in [0.1, 0.15) is 5.82 Å². The standard InChI is InChI=1S/C14H18FN3OS/c1-9(2)7-16-8-11-4-5-13(12(15)6-11)20-14-18-17-10(3)19-14/h4-6,9,16H,7-8H2,1-3H3. The third kappa shape index (κ3) is 4.31. The van der Waals surface area contributed by atoms with Crippen LogP contribution in [0.2, 0.25) is 0 Å². The van der Waals surface area contributed by atoms with E-state index in [1.807, 2.05) is 6.07 Å². The zero-order chi connectivity index (χ0) is 14.5. The van der Waals surface area contributed by atoms with Crippen LogP contribution in [0.1, 0.15) is 25.3 Å². The van der Waals surface area contributed by atoms with E-state index in [0.29, 0.717) is 28.5 Å². The molecule has 1 N–H and O–H groups in total. The van der Waals surface area contributed by atoms with Crippen molar-refractivity contribution >= 4 is 11.8 Å². The number of aryl methyl sites for hydroxylation is 1. The molecule has 0 radical (unpaired) electrons. The van der Waals surface area contributed by atoms with Crippen molar-refractivity contribution in [3.63, 3.8) is 0 Å². The monoisotopic (exact) mass is 295 g/mol. The predicted molar refractivity (Wildman–Crippen MR) is 76.1 cm³/mol. The molecule has 6 heteroatoms. The van der Waals surface area contributed by atoms with Crippen molar-refractivity contribution in [2.45, 2.75) is 37.4 Å². The van der Waals surface area contributed by atoms with Crippen molar-refractivity contribution in [3.8, 4) is 0 Å². The molecule has 0 aliphatic carbocycles. The minimum absolute atomic E-state index is 0.269. The van der Waals surface area contributed by atoms with Crippen LogP contribution in [0, 0.1) is 18.7 Å². The number of rotatable bonds is 6. The van der Waals surface area contributed by atoms with Gasteiger partial charge in [-0.3, -0.25) is 0 Å². The minimum atomic E-state index is -0.269. The Bertz CT molecular complexity index is 571. The van der Waals surface area contributed by atoms with Gasteiger partial charge in [-0.15, -0.1) is 10.2 Å². The van der Waals surface area contributed by atoms with Gasteiger partial charge in [0.2, 0.25) is 5.89 Å². The Labute approximate surface area is 122 Å². The van der Waals surface area contributed by atoms with E-state index in [0.717, 1.165) is 23.9 Å². The van der Waals surface area contributed by atoms with Gasteiger partial charge in [0.25, 0.3) is 5.22 Å². The van der Waals surface area contributed by atoms with Gasteiger partial charge in [0, 0.05) is 13.5 Å². The van der Waals surface area contributed by atoms with Gasteiger partial charge in [0.15, 0.2) is 0 Å². The van der Waals surface area contributed by atoms with Crippen LogP contribution < -0.4 is 5.32 Å². The molecule has 2 aromatic rings. The second-order valence-corrected chi connectivity index (χ2v) is 5.97. The fourth-order valence-electron chi connectivity index (χ4n) is 1.66. The normalized spacial score (nSPS) is 11.2. The van der Waals surface area contributed by atoms with Gasteiger partial charge in [-0.2, -0.15) is 0 Å². The fourth-order valence-corrected chi connectivity index (χ4v) is 2.38. The van der Waals surface area contributed by atoms with Gasteiger partial charge < -0.3 is 9.73 Å². The molecular weight excluding hydrogens is 277 g/mol. The summed E-state index contributed by atoms with van der Waals surface area (Å²) in [6, 6.07) is 5.19. The SMILES string of the molecule is Cc1nnc(Sc2ccc(CNCC(C)C)cc2F)o1. The van der Waals surface area contributed by atoms with Crippen LogP contribution in [-0.2, 0) is 6.54 Å². The second-order valence-electron chi connectivity index (χ2n) is 4.98. The Kier molecular flexibility index (Phi) is 5.14. The fraction of sp³-hybridized carbons (Fsp3) is 0.429. The summed E-state index contributed by atoms with van der Waals surface area (Å²) in [6.07, 6.45) is 0. The van der Waals surface area contributed by atoms with E-state index in [2.05, 4.69) is 29.4 Å². The van der Waals surface area contributed by atoms with Gasteiger partial charge in [-0.25, -0.2) is 4.39 Å². The number of aromatic nitrogens is 2. The van der Waals surface area contributed by atoms with Crippen molar-refractivity contribution < 1.29 is 8.81 Å². The summed E-state index contributed by atoms with van der Waals surface area (Å²) in [5.41, 5.74) is 0.925. The van der Waals surface area contributed by atoms with E-state index >= 15 is 0 Å². The minimum Gasteiger partial charge on any atom is -0.416 e. The number of halogens is 1. The lowest BCUT2D eigenvalue weighted by Gasteiger charge is -2.08. The maximum absolute atomic E-state index is 14.0. The van der Waals surface area contributed by atoms with Gasteiger partial charge >= 0.3 is 0 Å². The zero-order valence-corrected chi connectivity index (χ0v) is 12.6. The first kappa shape index (κ1) is 15.0. The second kappa shape index (κ2) is 6.85. The summed E-state index contributed by atoms with van der Waals surface area (Å²) in [4.78, 5) is 0.487. The first-order valence-electron chi connectivity index (χ1n) is 6.51. The van der Waals surface area contributed by atoms with Crippen LogP contribution in [-0.4, -0.2) is 16.7 Å². The summed E-state index contributed by atoms with van der Waals surface area (Å²) < 4.78 is 19.2. The van der Waals surface area contributed by atoms with Crippen molar-refractivity contribution in [1.82, 2.24) is 15.5 Å². The topological polar surface area (TPSA) is 51.0 Å². The summed E-state index contributed by atoms with van der Waals surface area (Å²) in [5.74, 6) is 0.785. The summed E-state index contributed by atoms with van der Waals surface area (Å²) in [5, 5.41) is 11.2. The third-order valence-corrected chi connectivity index (χ3v) is 3.47. The Balaban J connectivity index is 1.98. The Hall–Kier alpha value is -1.40. The molecular formula is C14H18FN3OS. The van der Waals surface area contributed by atoms with Crippen molar-refractivity contribution in [1.29, 1.82) is 0 Å². The number of hydrogen-bond acceptors (Lipinski definition) is 5. The molecule has 0 spiro atoms. The Morgan fingerprint density at radius 2 is 2.15 bits per heavy atom. The van der Waals surface area contributed by atoms with Crippen molar-refractivity contribution in [2.24, 2.45) is 5.92 Å². The average Bonchev–Trinajstić information content (AvgIpc) is 2.78. The van der Waals surface area contributed by atoms with E-state index in [4.69, 9.17) is 4.42 Å². The molecule has 0 saturated heterocycles. The first-order chi connectivity index (χ1) is 9.54. The third-order valence-electron chi connectivity index (χ3n) is 2.58. The molecule has 1 heterocycles. The van der Waals surface area contributed by atoms with Crippen LogP contribution in [0.15, 0.2) is 32.7 Å². The van der Waals surface area contributed by atoms with Gasteiger partial charge in [-0.05, 0) is 41.9 Å². The molecule has 20 heavy (non-hydrogen) atoms. The van der Waals surface area contributed by atoms with Crippen LogP contribution in [0.5, 0.6) is 0 Å². The lowest BCUT2D eigenvalue weighted by atomic mass is 10.2.